The number of thioether (sulfide) groups is 1. The Morgan fingerprint density at radius 3 is 2.94 bits per heavy atom. The molecule has 1 aliphatic rings. The molecule has 0 saturated carbocycles. The van der Waals surface area contributed by atoms with Crippen molar-refractivity contribution in [3.8, 4) is 0 Å². The van der Waals surface area contributed by atoms with E-state index >= 15 is 0 Å². The zero-order chi connectivity index (χ0) is 11.5. The van der Waals surface area contributed by atoms with Gasteiger partial charge in [-0.05, 0) is 40.8 Å². The lowest BCUT2D eigenvalue weighted by atomic mass is 10.2. The van der Waals surface area contributed by atoms with Crippen molar-refractivity contribution < 1.29 is 4.92 Å². The first kappa shape index (κ1) is 12.0. The smallest absolute Gasteiger partial charge is 0.270 e. The minimum Gasteiger partial charge on any atom is -0.381 e. The van der Waals surface area contributed by atoms with Crippen LogP contribution in [-0.4, -0.2) is 22.5 Å². The highest BCUT2D eigenvalue weighted by Crippen LogP contribution is 2.27. The van der Waals surface area contributed by atoms with Crippen molar-refractivity contribution in [3.63, 3.8) is 0 Å². The maximum Gasteiger partial charge on any atom is 0.270 e. The summed E-state index contributed by atoms with van der Waals surface area (Å²) in [5.74, 6) is 2.31. The molecule has 86 valence electrons. The lowest BCUT2D eigenvalue weighted by Crippen LogP contribution is -2.18. The number of rotatable bonds is 3. The van der Waals surface area contributed by atoms with Crippen molar-refractivity contribution in [3.05, 3.63) is 31.9 Å². The van der Waals surface area contributed by atoms with Crippen molar-refractivity contribution in [1.29, 1.82) is 0 Å². The summed E-state index contributed by atoms with van der Waals surface area (Å²) in [6.07, 6.45) is 1.16. The van der Waals surface area contributed by atoms with E-state index in [0.29, 0.717) is 6.04 Å². The number of nitro groups is 1. The summed E-state index contributed by atoms with van der Waals surface area (Å²) >= 11 is 4.07. The van der Waals surface area contributed by atoms with Gasteiger partial charge in [0, 0.05) is 33.2 Å². The van der Waals surface area contributed by atoms with Crippen LogP contribution >= 0.6 is 34.4 Å². The highest BCUT2D eigenvalue weighted by molar-refractivity contribution is 14.1. The minimum atomic E-state index is -0.364. The molecule has 0 spiro atoms. The molecule has 1 saturated heterocycles. The van der Waals surface area contributed by atoms with Gasteiger partial charge in [-0.3, -0.25) is 10.1 Å². The third-order valence-electron chi connectivity index (χ3n) is 2.45. The third kappa shape index (κ3) is 2.79. The van der Waals surface area contributed by atoms with Gasteiger partial charge >= 0.3 is 0 Å². The van der Waals surface area contributed by atoms with E-state index in [0.717, 1.165) is 21.4 Å². The van der Waals surface area contributed by atoms with E-state index in [2.05, 4.69) is 27.9 Å². The molecule has 0 amide bonds. The molecular weight excluding hydrogens is 339 g/mol. The average Bonchev–Trinajstić information content (AvgIpc) is 2.73. The van der Waals surface area contributed by atoms with Gasteiger partial charge in [-0.1, -0.05) is 0 Å². The number of anilines is 1. The molecule has 0 aliphatic carbocycles. The Labute approximate surface area is 111 Å². The Bertz CT molecular complexity index is 408. The van der Waals surface area contributed by atoms with Crippen LogP contribution in [-0.2, 0) is 0 Å². The van der Waals surface area contributed by atoms with Gasteiger partial charge in [-0.25, -0.2) is 0 Å². The topological polar surface area (TPSA) is 55.2 Å². The lowest BCUT2D eigenvalue weighted by Gasteiger charge is -2.13. The normalized spacial score (nSPS) is 19.7. The average molecular weight is 350 g/mol. The van der Waals surface area contributed by atoms with Gasteiger partial charge in [-0.2, -0.15) is 11.8 Å². The Hall–Kier alpha value is -0.500. The molecule has 1 unspecified atom stereocenters. The van der Waals surface area contributed by atoms with E-state index in [1.807, 2.05) is 11.8 Å². The lowest BCUT2D eigenvalue weighted by molar-refractivity contribution is -0.384. The molecule has 1 heterocycles. The van der Waals surface area contributed by atoms with Crippen LogP contribution in [0, 0.1) is 13.7 Å². The Kier molecular flexibility index (Phi) is 3.91. The second-order valence-electron chi connectivity index (χ2n) is 3.63. The molecule has 1 fully saturated rings. The number of hydrogen-bond acceptors (Lipinski definition) is 4. The first-order valence-electron chi connectivity index (χ1n) is 4.95. The van der Waals surface area contributed by atoms with E-state index in [4.69, 9.17) is 0 Å². The third-order valence-corrected chi connectivity index (χ3v) is 4.51. The highest BCUT2D eigenvalue weighted by Gasteiger charge is 2.17. The van der Waals surface area contributed by atoms with Crippen LogP contribution in [0.1, 0.15) is 6.42 Å². The second-order valence-corrected chi connectivity index (χ2v) is 5.94. The fraction of sp³-hybridized carbons (Fsp3) is 0.400. The molecule has 1 N–H and O–H groups in total. The van der Waals surface area contributed by atoms with E-state index in [9.17, 15) is 10.1 Å². The van der Waals surface area contributed by atoms with Gasteiger partial charge in [-0.15, -0.1) is 0 Å². The van der Waals surface area contributed by atoms with Crippen LogP contribution in [0.3, 0.4) is 0 Å². The van der Waals surface area contributed by atoms with Gasteiger partial charge in [0.25, 0.3) is 5.69 Å². The van der Waals surface area contributed by atoms with Gasteiger partial charge in [0.1, 0.15) is 0 Å². The summed E-state index contributed by atoms with van der Waals surface area (Å²) in [7, 11) is 0. The SMILES string of the molecule is O=[N+]([O-])c1ccc(NC2CCSC2)c(I)c1. The first-order chi connectivity index (χ1) is 7.66. The van der Waals surface area contributed by atoms with Crippen LogP contribution in [0.15, 0.2) is 18.2 Å². The molecule has 4 nitrogen and oxygen atoms in total. The number of nitrogens with zero attached hydrogens (tertiary/aromatic N) is 1. The molecule has 1 aromatic rings. The Morgan fingerprint density at radius 1 is 1.56 bits per heavy atom. The van der Waals surface area contributed by atoms with Crippen LogP contribution in [0.2, 0.25) is 0 Å². The molecule has 1 atom stereocenters. The number of benzene rings is 1. The maximum atomic E-state index is 10.6. The summed E-state index contributed by atoms with van der Waals surface area (Å²) < 4.78 is 0.906. The fourth-order valence-corrected chi connectivity index (χ4v) is 3.41. The molecule has 16 heavy (non-hydrogen) atoms. The molecular formula is C10H11IN2O2S. The van der Waals surface area contributed by atoms with Gasteiger partial charge in [0.05, 0.1) is 4.92 Å². The molecule has 0 aromatic heterocycles. The van der Waals surface area contributed by atoms with E-state index in [1.165, 1.54) is 5.75 Å². The second kappa shape index (κ2) is 5.22. The molecule has 0 radical (unpaired) electrons. The van der Waals surface area contributed by atoms with Gasteiger partial charge in [0.15, 0.2) is 0 Å². The van der Waals surface area contributed by atoms with Crippen LogP contribution in [0.5, 0.6) is 0 Å². The van der Waals surface area contributed by atoms with Crippen molar-refractivity contribution in [2.24, 2.45) is 0 Å². The van der Waals surface area contributed by atoms with Crippen LogP contribution < -0.4 is 5.32 Å². The Balaban J connectivity index is 2.12. The zero-order valence-corrected chi connectivity index (χ0v) is 11.5. The largest absolute Gasteiger partial charge is 0.381 e. The minimum absolute atomic E-state index is 0.149. The van der Waals surface area contributed by atoms with Gasteiger partial charge in [0.2, 0.25) is 0 Å². The Morgan fingerprint density at radius 2 is 2.38 bits per heavy atom. The standard InChI is InChI=1S/C10H11IN2O2S/c11-9-5-8(13(14)15)1-2-10(9)12-7-3-4-16-6-7/h1-2,5,7,12H,3-4,6H2. The summed E-state index contributed by atoms with van der Waals surface area (Å²) in [6.45, 7) is 0. The maximum absolute atomic E-state index is 10.6. The molecule has 1 aliphatic heterocycles. The fourth-order valence-electron chi connectivity index (χ4n) is 1.60. The van der Waals surface area contributed by atoms with E-state index < -0.39 is 0 Å². The van der Waals surface area contributed by atoms with E-state index in [-0.39, 0.29) is 10.6 Å². The summed E-state index contributed by atoms with van der Waals surface area (Å²) in [4.78, 5) is 10.2. The number of non-ortho nitro benzene ring substituents is 1. The monoisotopic (exact) mass is 350 g/mol. The van der Waals surface area contributed by atoms with Crippen molar-refractivity contribution in [1.82, 2.24) is 0 Å². The number of nitrogens with one attached hydrogen (secondary N) is 1. The predicted octanol–water partition coefficient (Wildman–Crippen LogP) is 3.12. The number of nitro benzene ring substituents is 1. The number of halogens is 1. The van der Waals surface area contributed by atoms with E-state index in [1.54, 1.807) is 18.2 Å². The molecule has 6 heteroatoms. The first-order valence-corrected chi connectivity index (χ1v) is 7.18. The summed E-state index contributed by atoms with van der Waals surface area (Å²) in [5, 5.41) is 14.0. The highest BCUT2D eigenvalue weighted by atomic mass is 127. The zero-order valence-electron chi connectivity index (χ0n) is 8.48. The molecule has 2 rings (SSSR count). The van der Waals surface area contributed by atoms with Crippen molar-refractivity contribution in [2.75, 3.05) is 16.8 Å². The van der Waals surface area contributed by atoms with Crippen LogP contribution in [0.25, 0.3) is 0 Å². The molecule has 1 aromatic carbocycles. The van der Waals surface area contributed by atoms with Crippen molar-refractivity contribution in [2.45, 2.75) is 12.5 Å². The molecule has 0 bridgehead atoms. The quantitative estimate of drug-likeness (QED) is 0.517. The summed E-state index contributed by atoms with van der Waals surface area (Å²) in [6, 6.07) is 5.44. The van der Waals surface area contributed by atoms with Crippen molar-refractivity contribution >= 4 is 45.7 Å². The number of hydrogen-bond donors (Lipinski definition) is 1. The summed E-state index contributed by atoms with van der Waals surface area (Å²) in [5.41, 5.74) is 1.15. The van der Waals surface area contributed by atoms with Gasteiger partial charge < -0.3 is 5.32 Å². The van der Waals surface area contributed by atoms with Crippen LogP contribution in [0.4, 0.5) is 11.4 Å². The predicted molar refractivity (Wildman–Crippen MR) is 75.2 cm³/mol.